The van der Waals surface area contributed by atoms with Crippen LogP contribution in [0.4, 0.5) is 0 Å². The van der Waals surface area contributed by atoms with E-state index in [9.17, 15) is 4.79 Å². The molecule has 0 spiro atoms. The van der Waals surface area contributed by atoms with E-state index in [1.807, 2.05) is 0 Å². The van der Waals surface area contributed by atoms with Crippen LogP contribution in [-0.4, -0.2) is 21.4 Å². The molecule has 0 aliphatic rings. The first-order valence-electron chi connectivity index (χ1n) is 2.71. The minimum Gasteiger partial charge on any atom is -0.504 e. The minimum atomic E-state index is -0.141. The van der Waals surface area contributed by atoms with Gasteiger partial charge in [0.05, 0.1) is 5.69 Å². The van der Waals surface area contributed by atoms with Gasteiger partial charge in [0, 0.05) is 0 Å². The van der Waals surface area contributed by atoms with E-state index in [0.29, 0.717) is 12.0 Å². The van der Waals surface area contributed by atoms with Gasteiger partial charge in [0.25, 0.3) is 0 Å². The molecule has 1 aromatic rings. The Bertz CT molecular complexity index is 260. The van der Waals surface area contributed by atoms with Gasteiger partial charge in [-0.1, -0.05) is 0 Å². The van der Waals surface area contributed by atoms with Crippen LogP contribution in [0.25, 0.3) is 0 Å². The lowest BCUT2D eigenvalue weighted by Gasteiger charge is -1.96. The molecule has 0 bridgehead atoms. The van der Waals surface area contributed by atoms with Crippen molar-refractivity contribution in [2.24, 2.45) is 0 Å². The average Bonchev–Trinajstić information content (AvgIpc) is 1.95. The van der Waals surface area contributed by atoms with Crippen molar-refractivity contribution < 1.29 is 9.90 Å². The summed E-state index contributed by atoms with van der Waals surface area (Å²) in [4.78, 5) is 17.3. The van der Waals surface area contributed by atoms with Gasteiger partial charge in [0.2, 0.25) is 0 Å². The highest BCUT2D eigenvalue weighted by atomic mass is 16.3. The van der Waals surface area contributed by atoms with Crippen molar-refractivity contribution in [3.05, 3.63) is 17.7 Å². The number of hydrogen-bond acceptors (Lipinski definition) is 4. The smallest absolute Gasteiger partial charge is 0.172 e. The van der Waals surface area contributed by atoms with Crippen LogP contribution in [0.5, 0.6) is 5.75 Å². The number of carbonyl (C=O) groups excluding carboxylic acids is 1. The van der Waals surface area contributed by atoms with Gasteiger partial charge >= 0.3 is 0 Å². The first-order chi connectivity index (χ1) is 4.75. The molecule has 0 unspecified atom stereocenters. The maximum Gasteiger partial charge on any atom is 0.172 e. The van der Waals surface area contributed by atoms with E-state index in [4.69, 9.17) is 5.11 Å². The second-order valence-corrected chi connectivity index (χ2v) is 1.81. The maximum absolute atomic E-state index is 10.1. The average molecular weight is 138 g/mol. The molecule has 0 radical (unpaired) electrons. The van der Waals surface area contributed by atoms with E-state index in [-0.39, 0.29) is 11.4 Å². The van der Waals surface area contributed by atoms with Crippen LogP contribution in [0.1, 0.15) is 16.2 Å². The predicted molar refractivity (Wildman–Crippen MR) is 33.8 cm³/mol. The zero-order chi connectivity index (χ0) is 7.56. The summed E-state index contributed by atoms with van der Waals surface area (Å²) in [5, 5.41) is 9.04. The molecule has 0 saturated carbocycles. The molecule has 0 saturated heterocycles. The predicted octanol–water partition coefficient (Wildman–Crippen LogP) is 0.303. The largest absolute Gasteiger partial charge is 0.504 e. The number of aryl methyl sites for hydroxylation is 1. The van der Waals surface area contributed by atoms with Gasteiger partial charge < -0.3 is 5.11 Å². The van der Waals surface area contributed by atoms with Crippen molar-refractivity contribution in [3.63, 3.8) is 0 Å². The molecule has 1 aromatic heterocycles. The molecule has 0 atom stereocenters. The summed E-state index contributed by atoms with van der Waals surface area (Å²) in [6, 6.07) is 0. The van der Waals surface area contributed by atoms with E-state index >= 15 is 0 Å². The van der Waals surface area contributed by atoms with Gasteiger partial charge in [0.1, 0.15) is 12.0 Å². The lowest BCUT2D eigenvalue weighted by molar-refractivity contribution is 0.111. The fraction of sp³-hybridized carbons (Fsp3) is 0.167. The Morgan fingerprint density at radius 3 is 2.80 bits per heavy atom. The van der Waals surface area contributed by atoms with Crippen molar-refractivity contribution in [2.75, 3.05) is 0 Å². The zero-order valence-electron chi connectivity index (χ0n) is 5.40. The SMILES string of the molecule is Cc1ncnc(C=O)c1O. The Balaban J connectivity index is 3.27. The number of rotatable bonds is 1. The van der Waals surface area contributed by atoms with Gasteiger partial charge in [0.15, 0.2) is 12.0 Å². The number of nitrogens with zero attached hydrogens (tertiary/aromatic N) is 2. The number of hydrogen-bond donors (Lipinski definition) is 1. The lowest BCUT2D eigenvalue weighted by Crippen LogP contribution is -1.91. The third-order valence-electron chi connectivity index (χ3n) is 1.15. The van der Waals surface area contributed by atoms with Gasteiger partial charge in [-0.05, 0) is 6.92 Å². The number of aldehydes is 1. The maximum atomic E-state index is 10.1. The monoisotopic (exact) mass is 138 g/mol. The van der Waals surface area contributed by atoms with Crippen LogP contribution in [-0.2, 0) is 0 Å². The van der Waals surface area contributed by atoms with Gasteiger partial charge in [-0.2, -0.15) is 0 Å². The van der Waals surface area contributed by atoms with Crippen molar-refractivity contribution >= 4 is 6.29 Å². The molecular weight excluding hydrogens is 132 g/mol. The Morgan fingerprint density at radius 2 is 2.30 bits per heavy atom. The van der Waals surface area contributed by atoms with E-state index in [2.05, 4.69) is 9.97 Å². The molecule has 4 heteroatoms. The summed E-state index contributed by atoms with van der Waals surface area (Å²) in [7, 11) is 0. The van der Waals surface area contributed by atoms with E-state index in [1.165, 1.54) is 6.33 Å². The molecular formula is C6H6N2O2. The number of aromatic hydroxyl groups is 1. The first kappa shape index (κ1) is 6.67. The molecule has 0 aliphatic carbocycles. The topological polar surface area (TPSA) is 63.1 Å². The zero-order valence-corrected chi connectivity index (χ0v) is 5.40. The van der Waals surface area contributed by atoms with Crippen LogP contribution < -0.4 is 0 Å². The lowest BCUT2D eigenvalue weighted by atomic mass is 10.3. The number of aromatic nitrogens is 2. The summed E-state index contributed by atoms with van der Waals surface area (Å²) < 4.78 is 0. The molecule has 1 rings (SSSR count). The molecule has 0 aromatic carbocycles. The summed E-state index contributed by atoms with van der Waals surface area (Å²) in [5.41, 5.74) is 0.449. The summed E-state index contributed by atoms with van der Waals surface area (Å²) >= 11 is 0. The molecule has 10 heavy (non-hydrogen) atoms. The third kappa shape index (κ3) is 0.953. The quantitative estimate of drug-likeness (QED) is 0.567. The highest BCUT2D eigenvalue weighted by Gasteiger charge is 2.02. The fourth-order valence-electron chi connectivity index (χ4n) is 0.572. The van der Waals surface area contributed by atoms with E-state index in [1.54, 1.807) is 6.92 Å². The van der Waals surface area contributed by atoms with Crippen molar-refractivity contribution in [3.8, 4) is 5.75 Å². The second-order valence-electron chi connectivity index (χ2n) is 1.81. The standard InChI is InChI=1S/C6H6N2O2/c1-4-6(10)5(2-9)8-3-7-4/h2-3,10H,1H3. The second kappa shape index (κ2) is 2.43. The van der Waals surface area contributed by atoms with Crippen molar-refractivity contribution in [2.45, 2.75) is 6.92 Å². The van der Waals surface area contributed by atoms with Gasteiger partial charge in [-0.25, -0.2) is 9.97 Å². The fourth-order valence-corrected chi connectivity index (χ4v) is 0.572. The molecule has 1 heterocycles. The number of carbonyl (C=O) groups is 1. The van der Waals surface area contributed by atoms with Crippen LogP contribution >= 0.6 is 0 Å². The Morgan fingerprint density at radius 1 is 1.60 bits per heavy atom. The highest BCUT2D eigenvalue weighted by molar-refractivity contribution is 5.76. The van der Waals surface area contributed by atoms with Crippen molar-refractivity contribution in [1.29, 1.82) is 0 Å². The Hall–Kier alpha value is -1.45. The van der Waals surface area contributed by atoms with Crippen LogP contribution in [0.2, 0.25) is 0 Å². The summed E-state index contributed by atoms with van der Waals surface area (Å²) in [6.45, 7) is 1.60. The molecule has 1 N–H and O–H groups in total. The Kier molecular flexibility index (Phi) is 1.62. The normalized spacial score (nSPS) is 9.30. The molecule has 52 valence electrons. The van der Waals surface area contributed by atoms with Crippen LogP contribution in [0, 0.1) is 6.92 Å². The van der Waals surface area contributed by atoms with Crippen molar-refractivity contribution in [1.82, 2.24) is 9.97 Å². The molecule has 0 amide bonds. The van der Waals surface area contributed by atoms with Crippen LogP contribution in [0.3, 0.4) is 0 Å². The molecule has 0 fully saturated rings. The van der Waals surface area contributed by atoms with E-state index in [0.717, 1.165) is 0 Å². The van der Waals surface area contributed by atoms with Gasteiger partial charge in [-0.3, -0.25) is 4.79 Å². The summed E-state index contributed by atoms with van der Waals surface area (Å²) in [5.74, 6) is -0.141. The molecule has 4 nitrogen and oxygen atoms in total. The first-order valence-corrected chi connectivity index (χ1v) is 2.71. The summed E-state index contributed by atoms with van der Waals surface area (Å²) in [6.07, 6.45) is 1.72. The van der Waals surface area contributed by atoms with E-state index < -0.39 is 0 Å². The van der Waals surface area contributed by atoms with Gasteiger partial charge in [-0.15, -0.1) is 0 Å². The molecule has 0 aliphatic heterocycles. The van der Waals surface area contributed by atoms with Crippen LogP contribution in [0.15, 0.2) is 6.33 Å². The minimum absolute atomic E-state index is 0.0347. The third-order valence-corrected chi connectivity index (χ3v) is 1.15. The Labute approximate surface area is 57.6 Å². The highest BCUT2D eigenvalue weighted by Crippen LogP contribution is 2.13.